The molecule has 1 saturated heterocycles. The molecular weight excluding hydrogens is 272 g/mol. The zero-order valence-corrected chi connectivity index (χ0v) is 13.2. The van der Waals surface area contributed by atoms with Gasteiger partial charge in [-0.1, -0.05) is 12.1 Å². The van der Waals surface area contributed by atoms with Gasteiger partial charge in [-0.15, -0.1) is 12.4 Å². The number of methoxy groups -OCH3 is 1. The first-order chi connectivity index (χ1) is 9.28. The summed E-state index contributed by atoms with van der Waals surface area (Å²) in [7, 11) is 1.76. The predicted octanol–water partition coefficient (Wildman–Crippen LogP) is 2.75. The number of rotatable bonds is 5. The van der Waals surface area contributed by atoms with Crippen LogP contribution in [0.15, 0.2) is 18.2 Å². The maximum atomic E-state index is 5.44. The van der Waals surface area contributed by atoms with E-state index in [-0.39, 0.29) is 12.4 Å². The van der Waals surface area contributed by atoms with E-state index in [4.69, 9.17) is 4.74 Å². The van der Waals surface area contributed by atoms with Crippen LogP contribution in [-0.2, 0) is 6.54 Å². The van der Waals surface area contributed by atoms with E-state index in [0.717, 1.165) is 30.9 Å². The zero-order chi connectivity index (χ0) is 13.2. The van der Waals surface area contributed by atoms with Crippen LogP contribution in [0.5, 0.6) is 5.75 Å². The van der Waals surface area contributed by atoms with Gasteiger partial charge in [0.25, 0.3) is 0 Å². The molecule has 3 nitrogen and oxygen atoms in total. The van der Waals surface area contributed by atoms with Gasteiger partial charge in [0.15, 0.2) is 0 Å². The molecular formula is C16H25ClN2O. The van der Waals surface area contributed by atoms with Gasteiger partial charge in [0.2, 0.25) is 0 Å². The van der Waals surface area contributed by atoms with E-state index in [9.17, 15) is 0 Å². The maximum Gasteiger partial charge on any atom is 0.122 e. The molecule has 1 aromatic rings. The summed E-state index contributed by atoms with van der Waals surface area (Å²) in [4.78, 5) is 2.70. The molecule has 0 bridgehead atoms. The molecule has 2 aliphatic rings. The van der Waals surface area contributed by atoms with E-state index in [1.54, 1.807) is 7.11 Å². The lowest BCUT2D eigenvalue weighted by Gasteiger charge is -2.28. The average Bonchev–Trinajstić information content (AvgIpc) is 3.12. The molecule has 0 spiro atoms. The first-order valence-corrected chi connectivity index (χ1v) is 7.38. The van der Waals surface area contributed by atoms with Crippen LogP contribution in [-0.4, -0.2) is 37.2 Å². The Morgan fingerprint density at radius 3 is 2.65 bits per heavy atom. The van der Waals surface area contributed by atoms with Crippen molar-refractivity contribution in [1.82, 2.24) is 10.2 Å². The molecule has 4 heteroatoms. The van der Waals surface area contributed by atoms with E-state index < -0.39 is 0 Å². The van der Waals surface area contributed by atoms with Crippen molar-refractivity contribution in [3.8, 4) is 5.75 Å². The Bertz CT molecular complexity index is 442. The average molecular weight is 297 g/mol. The van der Waals surface area contributed by atoms with Crippen molar-refractivity contribution in [2.45, 2.75) is 44.8 Å². The minimum atomic E-state index is 0. The van der Waals surface area contributed by atoms with Crippen LogP contribution in [0.4, 0.5) is 0 Å². The normalized spacial score (nSPS) is 21.9. The Hall–Kier alpha value is -0.770. The number of aryl methyl sites for hydroxylation is 1. The number of nitrogens with one attached hydrogen (secondary N) is 1. The highest BCUT2D eigenvalue weighted by atomic mass is 35.5. The Morgan fingerprint density at radius 1 is 1.25 bits per heavy atom. The Labute approximate surface area is 128 Å². The number of benzene rings is 1. The molecule has 1 unspecified atom stereocenters. The lowest BCUT2D eigenvalue weighted by atomic mass is 10.1. The fraction of sp³-hybridized carbons (Fsp3) is 0.625. The van der Waals surface area contributed by atoms with Crippen molar-refractivity contribution in [2.75, 3.05) is 20.2 Å². The molecule has 0 aromatic heterocycles. The van der Waals surface area contributed by atoms with Crippen LogP contribution in [0.3, 0.4) is 0 Å². The van der Waals surface area contributed by atoms with Gasteiger partial charge in [-0.3, -0.25) is 4.90 Å². The molecule has 1 N–H and O–H groups in total. The van der Waals surface area contributed by atoms with Crippen LogP contribution >= 0.6 is 12.4 Å². The molecule has 2 fully saturated rings. The van der Waals surface area contributed by atoms with E-state index in [0.29, 0.717) is 0 Å². The Kier molecular flexibility index (Phi) is 5.30. The molecule has 1 aliphatic carbocycles. The first kappa shape index (κ1) is 15.6. The lowest BCUT2D eigenvalue weighted by Crippen LogP contribution is -2.38. The number of hydrogen-bond donors (Lipinski definition) is 1. The summed E-state index contributed by atoms with van der Waals surface area (Å²) in [5.41, 5.74) is 2.59. The second-order valence-corrected chi connectivity index (χ2v) is 5.85. The molecule has 1 aromatic carbocycles. The van der Waals surface area contributed by atoms with Crippen molar-refractivity contribution in [3.05, 3.63) is 29.3 Å². The summed E-state index contributed by atoms with van der Waals surface area (Å²) in [6.07, 6.45) is 4.04. The van der Waals surface area contributed by atoms with Gasteiger partial charge in [0.05, 0.1) is 7.11 Å². The fourth-order valence-corrected chi connectivity index (χ4v) is 3.06. The highest BCUT2D eigenvalue weighted by molar-refractivity contribution is 5.85. The third kappa shape index (κ3) is 3.46. The second kappa shape index (κ2) is 6.79. The topological polar surface area (TPSA) is 24.5 Å². The van der Waals surface area contributed by atoms with Gasteiger partial charge < -0.3 is 10.1 Å². The second-order valence-electron chi connectivity index (χ2n) is 5.85. The molecule has 1 saturated carbocycles. The number of hydrogen-bond acceptors (Lipinski definition) is 3. The maximum absolute atomic E-state index is 5.44. The first-order valence-electron chi connectivity index (χ1n) is 7.38. The molecule has 3 rings (SSSR count). The van der Waals surface area contributed by atoms with Gasteiger partial charge >= 0.3 is 0 Å². The number of ether oxygens (including phenoxy) is 1. The van der Waals surface area contributed by atoms with Crippen molar-refractivity contribution in [3.63, 3.8) is 0 Å². The van der Waals surface area contributed by atoms with Crippen LogP contribution in [0, 0.1) is 6.92 Å². The SMILES string of the molecule is COc1cc(CN(C2CC2)C2CCNC2)ccc1C.Cl. The summed E-state index contributed by atoms with van der Waals surface area (Å²) in [6, 6.07) is 8.16. The fourth-order valence-electron chi connectivity index (χ4n) is 3.06. The minimum absolute atomic E-state index is 0. The van der Waals surface area contributed by atoms with Crippen molar-refractivity contribution in [2.24, 2.45) is 0 Å². The minimum Gasteiger partial charge on any atom is -0.496 e. The summed E-state index contributed by atoms with van der Waals surface area (Å²) in [5, 5.41) is 3.49. The smallest absolute Gasteiger partial charge is 0.122 e. The Morgan fingerprint density at radius 2 is 2.05 bits per heavy atom. The molecule has 1 atom stereocenters. The largest absolute Gasteiger partial charge is 0.496 e. The van der Waals surface area contributed by atoms with Gasteiger partial charge in [-0.2, -0.15) is 0 Å². The Balaban J connectivity index is 0.00000147. The van der Waals surface area contributed by atoms with Gasteiger partial charge in [0.1, 0.15) is 5.75 Å². The van der Waals surface area contributed by atoms with E-state index >= 15 is 0 Å². The van der Waals surface area contributed by atoms with Crippen LogP contribution in [0.2, 0.25) is 0 Å². The molecule has 112 valence electrons. The summed E-state index contributed by atoms with van der Waals surface area (Å²) < 4.78 is 5.44. The van der Waals surface area contributed by atoms with Gasteiger partial charge in [-0.05, 0) is 49.9 Å². The van der Waals surface area contributed by atoms with E-state index in [1.807, 2.05) is 0 Å². The summed E-state index contributed by atoms with van der Waals surface area (Å²) >= 11 is 0. The molecule has 1 aliphatic heterocycles. The van der Waals surface area contributed by atoms with Gasteiger partial charge in [0, 0.05) is 25.2 Å². The van der Waals surface area contributed by atoms with Crippen LogP contribution < -0.4 is 10.1 Å². The standard InChI is InChI=1S/C16H24N2O.ClH/c1-12-3-4-13(9-16(12)19-2)11-18(14-5-6-14)15-7-8-17-10-15;/h3-4,9,14-15,17H,5-8,10-11H2,1-2H3;1H. The quantitative estimate of drug-likeness (QED) is 0.904. The van der Waals surface area contributed by atoms with Gasteiger partial charge in [-0.25, -0.2) is 0 Å². The summed E-state index contributed by atoms with van der Waals surface area (Å²) in [5.74, 6) is 1.01. The predicted molar refractivity (Wildman–Crippen MR) is 84.8 cm³/mol. The lowest BCUT2D eigenvalue weighted by molar-refractivity contribution is 0.188. The molecule has 0 radical (unpaired) electrons. The third-order valence-corrected chi connectivity index (χ3v) is 4.36. The molecule has 20 heavy (non-hydrogen) atoms. The molecule has 0 amide bonds. The number of nitrogens with zero attached hydrogens (tertiary/aromatic N) is 1. The van der Waals surface area contributed by atoms with E-state index in [1.165, 1.54) is 36.9 Å². The van der Waals surface area contributed by atoms with Crippen LogP contribution in [0.1, 0.15) is 30.4 Å². The van der Waals surface area contributed by atoms with Crippen molar-refractivity contribution >= 4 is 12.4 Å². The number of halogens is 1. The zero-order valence-electron chi connectivity index (χ0n) is 12.4. The van der Waals surface area contributed by atoms with Crippen molar-refractivity contribution < 1.29 is 4.74 Å². The summed E-state index contributed by atoms with van der Waals surface area (Å²) in [6.45, 7) is 5.49. The highest BCUT2D eigenvalue weighted by Gasteiger charge is 2.35. The monoisotopic (exact) mass is 296 g/mol. The molecule has 1 heterocycles. The highest BCUT2D eigenvalue weighted by Crippen LogP contribution is 2.32. The van der Waals surface area contributed by atoms with Crippen molar-refractivity contribution in [1.29, 1.82) is 0 Å². The van der Waals surface area contributed by atoms with E-state index in [2.05, 4.69) is 35.3 Å². The van der Waals surface area contributed by atoms with Crippen LogP contribution in [0.25, 0.3) is 0 Å². The third-order valence-electron chi connectivity index (χ3n) is 4.36.